The molecule has 1 atom stereocenters. The maximum Gasteiger partial charge on any atom is 0.196 e. The molecule has 31 heavy (non-hydrogen) atoms. The van der Waals surface area contributed by atoms with Crippen LogP contribution in [0.25, 0.3) is 16.4 Å². The number of thioether (sulfide) groups is 1. The van der Waals surface area contributed by atoms with Gasteiger partial charge in [-0.3, -0.25) is 14.2 Å². The molecule has 0 unspecified atom stereocenters. The SMILES string of the molecule is CC(=O)c1c(C)[nH]c(C(=O)[C@@H](C)Sc2nnc(-c3cccs3)n2-c2ccccc2)c1C. The monoisotopic (exact) mass is 450 g/mol. The van der Waals surface area contributed by atoms with Gasteiger partial charge in [0.1, 0.15) is 0 Å². The number of carbonyl (C=O) groups is 2. The Labute approximate surface area is 188 Å². The van der Waals surface area contributed by atoms with Crippen LogP contribution < -0.4 is 0 Å². The van der Waals surface area contributed by atoms with Gasteiger partial charge in [-0.15, -0.1) is 21.5 Å². The van der Waals surface area contributed by atoms with E-state index >= 15 is 0 Å². The van der Waals surface area contributed by atoms with E-state index in [4.69, 9.17) is 0 Å². The molecule has 3 aromatic heterocycles. The molecule has 4 aromatic rings. The molecule has 0 fully saturated rings. The molecule has 0 saturated carbocycles. The van der Waals surface area contributed by atoms with Crippen LogP contribution in [0.2, 0.25) is 0 Å². The number of ketones is 2. The first-order valence-electron chi connectivity index (χ1n) is 9.84. The Hall–Kier alpha value is -2.97. The summed E-state index contributed by atoms with van der Waals surface area (Å²) in [6.07, 6.45) is 0. The van der Waals surface area contributed by atoms with Gasteiger partial charge in [0.05, 0.1) is 15.8 Å². The first kappa shape index (κ1) is 21.3. The van der Waals surface area contributed by atoms with Crippen LogP contribution in [0.1, 0.15) is 46.0 Å². The van der Waals surface area contributed by atoms with Crippen molar-refractivity contribution in [2.75, 3.05) is 0 Å². The third-order valence-corrected chi connectivity index (χ3v) is 6.99. The van der Waals surface area contributed by atoms with E-state index in [1.165, 1.54) is 18.7 Å². The molecule has 0 saturated heterocycles. The number of nitrogens with zero attached hydrogens (tertiary/aromatic N) is 3. The second kappa shape index (κ2) is 8.64. The van der Waals surface area contributed by atoms with Crippen LogP contribution in [0, 0.1) is 13.8 Å². The quantitative estimate of drug-likeness (QED) is 0.297. The number of carbonyl (C=O) groups excluding carboxylic acids is 2. The number of para-hydroxylation sites is 1. The van der Waals surface area contributed by atoms with E-state index in [2.05, 4.69) is 15.2 Å². The molecule has 6 nitrogen and oxygen atoms in total. The van der Waals surface area contributed by atoms with Crippen molar-refractivity contribution in [2.45, 2.75) is 38.1 Å². The standard InChI is InChI=1S/C23H22N4O2S2/c1-13-19(15(3)28)14(2)24-20(13)21(29)16(4)31-23-26-25-22(18-11-8-12-30-18)27(23)17-9-6-5-7-10-17/h5-12,16,24H,1-4H3/t16-/m1/s1. The van der Waals surface area contributed by atoms with Crippen molar-refractivity contribution in [3.8, 4) is 16.4 Å². The van der Waals surface area contributed by atoms with Crippen molar-refractivity contribution < 1.29 is 9.59 Å². The Kier molecular flexibility index (Phi) is 5.93. The Balaban J connectivity index is 1.69. The lowest BCUT2D eigenvalue weighted by Crippen LogP contribution is -2.16. The molecule has 0 radical (unpaired) electrons. The maximum absolute atomic E-state index is 13.2. The minimum atomic E-state index is -0.417. The number of aromatic amines is 1. The first-order chi connectivity index (χ1) is 14.9. The molecule has 0 amide bonds. The Morgan fingerprint density at radius 2 is 1.84 bits per heavy atom. The van der Waals surface area contributed by atoms with Crippen molar-refractivity contribution in [3.63, 3.8) is 0 Å². The van der Waals surface area contributed by atoms with Crippen LogP contribution in [0.5, 0.6) is 0 Å². The Bertz CT molecular complexity index is 1240. The van der Waals surface area contributed by atoms with Crippen molar-refractivity contribution in [1.29, 1.82) is 0 Å². The van der Waals surface area contributed by atoms with Gasteiger partial charge in [0, 0.05) is 16.9 Å². The lowest BCUT2D eigenvalue weighted by molar-refractivity contribution is 0.0988. The number of Topliss-reactive ketones (excluding diaryl/α,β-unsaturated/α-hetero) is 2. The van der Waals surface area contributed by atoms with Crippen molar-refractivity contribution in [3.05, 3.63) is 70.4 Å². The minimum Gasteiger partial charge on any atom is -0.355 e. The second-order valence-corrected chi connectivity index (χ2v) is 9.52. The Morgan fingerprint density at radius 3 is 2.45 bits per heavy atom. The van der Waals surface area contributed by atoms with Gasteiger partial charge in [-0.1, -0.05) is 36.0 Å². The van der Waals surface area contributed by atoms with Crippen LogP contribution in [0.3, 0.4) is 0 Å². The smallest absolute Gasteiger partial charge is 0.196 e. The fourth-order valence-electron chi connectivity index (χ4n) is 3.66. The molecule has 0 aliphatic heterocycles. The number of nitrogens with one attached hydrogen (secondary N) is 1. The van der Waals surface area contributed by atoms with Crippen LogP contribution in [0.4, 0.5) is 0 Å². The topological polar surface area (TPSA) is 80.6 Å². The highest BCUT2D eigenvalue weighted by molar-refractivity contribution is 8.00. The highest BCUT2D eigenvalue weighted by Gasteiger charge is 2.27. The van der Waals surface area contributed by atoms with Crippen LogP contribution in [-0.4, -0.2) is 36.6 Å². The number of hydrogen-bond acceptors (Lipinski definition) is 6. The van der Waals surface area contributed by atoms with E-state index in [0.29, 0.717) is 22.0 Å². The molecule has 0 aliphatic carbocycles. The zero-order chi connectivity index (χ0) is 22.1. The summed E-state index contributed by atoms with van der Waals surface area (Å²) < 4.78 is 1.98. The summed E-state index contributed by atoms with van der Waals surface area (Å²) in [7, 11) is 0. The lowest BCUT2D eigenvalue weighted by atomic mass is 10.0. The highest BCUT2D eigenvalue weighted by Crippen LogP contribution is 2.33. The maximum atomic E-state index is 13.2. The number of H-pyrrole nitrogens is 1. The minimum absolute atomic E-state index is 0.0463. The summed E-state index contributed by atoms with van der Waals surface area (Å²) in [6.45, 7) is 7.00. The van der Waals surface area contributed by atoms with Gasteiger partial charge in [0.25, 0.3) is 0 Å². The van der Waals surface area contributed by atoms with E-state index in [9.17, 15) is 9.59 Å². The molecule has 1 aromatic carbocycles. The first-order valence-corrected chi connectivity index (χ1v) is 11.6. The fraction of sp³-hybridized carbons (Fsp3) is 0.217. The van der Waals surface area contributed by atoms with Crippen molar-refractivity contribution in [1.82, 2.24) is 19.7 Å². The summed E-state index contributed by atoms with van der Waals surface area (Å²) in [5.74, 6) is 0.627. The van der Waals surface area contributed by atoms with Crippen LogP contribution >= 0.6 is 23.1 Å². The molecule has 0 bridgehead atoms. The average Bonchev–Trinajstić information content (AvgIpc) is 3.47. The molecule has 0 aliphatic rings. The summed E-state index contributed by atoms with van der Waals surface area (Å²) in [6, 6.07) is 13.9. The molecular weight excluding hydrogens is 428 g/mol. The number of aromatic nitrogens is 4. The second-order valence-electron chi connectivity index (χ2n) is 7.26. The van der Waals surface area contributed by atoms with Gasteiger partial charge < -0.3 is 4.98 Å². The molecule has 0 spiro atoms. The number of benzene rings is 1. The third-order valence-electron chi connectivity index (χ3n) is 5.08. The highest BCUT2D eigenvalue weighted by atomic mass is 32.2. The molecule has 1 N–H and O–H groups in total. The molecule has 8 heteroatoms. The molecule has 4 rings (SSSR count). The van der Waals surface area contributed by atoms with E-state index < -0.39 is 5.25 Å². The molecule has 3 heterocycles. The zero-order valence-electron chi connectivity index (χ0n) is 17.7. The van der Waals surface area contributed by atoms with E-state index in [1.807, 2.05) is 73.2 Å². The van der Waals surface area contributed by atoms with Crippen molar-refractivity contribution >= 4 is 34.7 Å². The average molecular weight is 451 g/mol. The van der Waals surface area contributed by atoms with Gasteiger partial charge in [0.2, 0.25) is 0 Å². The zero-order valence-corrected chi connectivity index (χ0v) is 19.3. The number of thiophene rings is 1. The fourth-order valence-corrected chi connectivity index (χ4v) is 5.29. The van der Waals surface area contributed by atoms with Gasteiger partial charge in [-0.05, 0) is 56.8 Å². The lowest BCUT2D eigenvalue weighted by Gasteiger charge is -2.13. The Morgan fingerprint density at radius 1 is 1.10 bits per heavy atom. The van der Waals surface area contributed by atoms with Crippen molar-refractivity contribution in [2.24, 2.45) is 0 Å². The molecular formula is C23H22N4O2S2. The predicted octanol–water partition coefficient (Wildman–Crippen LogP) is 5.51. The summed E-state index contributed by atoms with van der Waals surface area (Å²) in [5, 5.41) is 11.0. The van der Waals surface area contributed by atoms with Crippen LogP contribution in [0.15, 0.2) is 53.0 Å². The normalized spacial score (nSPS) is 12.1. The van der Waals surface area contributed by atoms with Crippen LogP contribution in [-0.2, 0) is 0 Å². The van der Waals surface area contributed by atoms with E-state index in [1.54, 1.807) is 11.3 Å². The summed E-state index contributed by atoms with van der Waals surface area (Å²) in [5.41, 5.74) is 3.42. The van der Waals surface area contributed by atoms with E-state index in [0.717, 1.165) is 22.1 Å². The number of hydrogen-bond donors (Lipinski definition) is 1. The van der Waals surface area contributed by atoms with Gasteiger partial charge >= 0.3 is 0 Å². The number of aryl methyl sites for hydroxylation is 1. The molecule has 158 valence electrons. The summed E-state index contributed by atoms with van der Waals surface area (Å²) >= 11 is 2.95. The largest absolute Gasteiger partial charge is 0.355 e. The van der Waals surface area contributed by atoms with Gasteiger partial charge in [-0.25, -0.2) is 0 Å². The van der Waals surface area contributed by atoms with Gasteiger partial charge in [0.15, 0.2) is 22.5 Å². The predicted molar refractivity (Wildman–Crippen MR) is 125 cm³/mol. The summed E-state index contributed by atoms with van der Waals surface area (Å²) in [4.78, 5) is 29.3. The van der Waals surface area contributed by atoms with Gasteiger partial charge in [-0.2, -0.15) is 0 Å². The third kappa shape index (κ3) is 4.00. The number of rotatable bonds is 7. The van der Waals surface area contributed by atoms with E-state index in [-0.39, 0.29) is 11.6 Å².